The van der Waals surface area contributed by atoms with Crippen LogP contribution >= 0.6 is 0 Å². The number of rotatable bonds is 3. The summed E-state index contributed by atoms with van der Waals surface area (Å²) in [5.41, 5.74) is 3.54. The Balaban J connectivity index is 1.64. The van der Waals surface area contributed by atoms with Crippen LogP contribution in [-0.4, -0.2) is 26.9 Å². The number of hydrogen-bond acceptors (Lipinski definition) is 3. The first kappa shape index (κ1) is 13.3. The van der Waals surface area contributed by atoms with Gasteiger partial charge in [-0.3, -0.25) is 0 Å². The number of epoxide rings is 1. The van der Waals surface area contributed by atoms with E-state index >= 15 is 0 Å². The van der Waals surface area contributed by atoms with Gasteiger partial charge in [0.05, 0.1) is 36.2 Å². The van der Waals surface area contributed by atoms with Crippen molar-refractivity contribution in [1.29, 1.82) is 0 Å². The Bertz CT molecular complexity index is 674. The fourth-order valence-corrected chi connectivity index (χ4v) is 4.01. The van der Waals surface area contributed by atoms with Crippen molar-refractivity contribution >= 4 is 11.0 Å². The normalized spacial score (nSPS) is 31.9. The molecular formula is C17H22N2O2. The molecule has 1 aliphatic heterocycles. The lowest BCUT2D eigenvalue weighted by Crippen LogP contribution is -2.34. The molecule has 1 saturated heterocycles. The Morgan fingerprint density at radius 1 is 1.38 bits per heavy atom. The molecule has 1 saturated carbocycles. The van der Waals surface area contributed by atoms with Gasteiger partial charge in [-0.1, -0.05) is 13.0 Å². The van der Waals surface area contributed by atoms with Crippen LogP contribution in [0.2, 0.25) is 0 Å². The molecule has 0 amide bonds. The van der Waals surface area contributed by atoms with Crippen LogP contribution in [0.15, 0.2) is 24.5 Å². The quantitative estimate of drug-likeness (QED) is 0.883. The Labute approximate surface area is 124 Å². The molecule has 4 heteroatoms. The summed E-state index contributed by atoms with van der Waals surface area (Å²) < 4.78 is 7.96. The van der Waals surface area contributed by atoms with Crippen molar-refractivity contribution in [2.45, 2.75) is 51.4 Å². The maximum Gasteiger partial charge on any atom is 0.0958 e. The molecule has 2 aromatic rings. The molecule has 2 fully saturated rings. The molecule has 1 spiro atoms. The van der Waals surface area contributed by atoms with E-state index in [-0.39, 0.29) is 17.6 Å². The number of hydrogen-bond donors (Lipinski definition) is 1. The van der Waals surface area contributed by atoms with E-state index in [0.717, 1.165) is 36.2 Å². The van der Waals surface area contributed by atoms with Crippen molar-refractivity contribution in [3.05, 3.63) is 30.1 Å². The fraction of sp³-hybridized carbons (Fsp3) is 0.588. The Hall–Kier alpha value is -1.39. The molecule has 0 bridgehead atoms. The minimum absolute atomic E-state index is 0.0787. The van der Waals surface area contributed by atoms with Gasteiger partial charge in [-0.05, 0) is 48.8 Å². The van der Waals surface area contributed by atoms with Crippen molar-refractivity contribution in [1.82, 2.24) is 9.55 Å². The summed E-state index contributed by atoms with van der Waals surface area (Å²) in [4.78, 5) is 4.49. The maximum atomic E-state index is 9.33. The number of ether oxygens (including phenoxy) is 1. The smallest absolute Gasteiger partial charge is 0.0958 e. The van der Waals surface area contributed by atoms with Crippen LogP contribution in [0.4, 0.5) is 0 Å². The Kier molecular flexibility index (Phi) is 2.88. The number of benzene rings is 1. The van der Waals surface area contributed by atoms with Gasteiger partial charge >= 0.3 is 0 Å². The summed E-state index contributed by atoms with van der Waals surface area (Å²) in [5.74, 6) is 0. The van der Waals surface area contributed by atoms with Crippen LogP contribution in [0.3, 0.4) is 0 Å². The molecule has 0 unspecified atom stereocenters. The van der Waals surface area contributed by atoms with Gasteiger partial charge < -0.3 is 14.4 Å². The van der Waals surface area contributed by atoms with E-state index in [0.29, 0.717) is 0 Å². The van der Waals surface area contributed by atoms with Gasteiger partial charge in [0.2, 0.25) is 0 Å². The SMILES string of the molecule is C[C@]1(Cn2cnc3ccc(CO)cc32)CCC[C@@]2(CO2)C1. The standard InChI is InChI=1S/C17H22N2O2/c1-16(5-2-6-17(9-16)11-21-17)10-19-12-18-14-4-3-13(8-20)7-15(14)19/h3-4,7,12,20H,2,5-6,8-11H2,1H3/t16-,17-/m0/s1. The Morgan fingerprint density at radius 3 is 3.00 bits per heavy atom. The van der Waals surface area contributed by atoms with Crippen LogP contribution in [0, 0.1) is 5.41 Å². The lowest BCUT2D eigenvalue weighted by molar-refractivity contribution is 0.103. The zero-order valence-electron chi connectivity index (χ0n) is 12.5. The predicted molar refractivity (Wildman–Crippen MR) is 80.9 cm³/mol. The molecule has 1 N–H and O–H groups in total. The molecule has 21 heavy (non-hydrogen) atoms. The number of aliphatic hydroxyl groups is 1. The van der Waals surface area contributed by atoms with E-state index in [1.54, 1.807) is 0 Å². The summed E-state index contributed by atoms with van der Waals surface area (Å²) in [6.07, 6.45) is 6.82. The summed E-state index contributed by atoms with van der Waals surface area (Å²) in [5, 5.41) is 9.33. The van der Waals surface area contributed by atoms with E-state index in [9.17, 15) is 5.11 Å². The van der Waals surface area contributed by atoms with Crippen LogP contribution < -0.4 is 0 Å². The molecule has 1 aromatic carbocycles. The third kappa shape index (κ3) is 2.36. The third-order valence-electron chi connectivity index (χ3n) is 5.13. The molecule has 0 radical (unpaired) electrons. The van der Waals surface area contributed by atoms with E-state index < -0.39 is 0 Å². The highest BCUT2D eigenvalue weighted by atomic mass is 16.6. The van der Waals surface area contributed by atoms with Gasteiger partial charge in [0.15, 0.2) is 0 Å². The van der Waals surface area contributed by atoms with Crippen LogP contribution in [-0.2, 0) is 17.9 Å². The predicted octanol–water partition coefficient (Wildman–Crippen LogP) is 2.88. The third-order valence-corrected chi connectivity index (χ3v) is 5.13. The zero-order chi connectivity index (χ0) is 14.5. The molecule has 1 aromatic heterocycles. The second-order valence-electron chi connectivity index (χ2n) is 7.17. The number of imidazole rings is 1. The monoisotopic (exact) mass is 286 g/mol. The van der Waals surface area contributed by atoms with Crippen molar-refractivity contribution in [2.24, 2.45) is 5.41 Å². The fourth-order valence-electron chi connectivity index (χ4n) is 4.01. The highest BCUT2D eigenvalue weighted by Gasteiger charge is 2.51. The first-order chi connectivity index (χ1) is 10.1. The van der Waals surface area contributed by atoms with E-state index in [4.69, 9.17) is 4.74 Å². The van der Waals surface area contributed by atoms with Gasteiger partial charge in [0.1, 0.15) is 0 Å². The molecule has 112 valence electrons. The van der Waals surface area contributed by atoms with Gasteiger partial charge in [-0.15, -0.1) is 0 Å². The molecule has 4 rings (SSSR count). The van der Waals surface area contributed by atoms with Crippen molar-refractivity contribution in [2.75, 3.05) is 6.61 Å². The topological polar surface area (TPSA) is 50.6 Å². The minimum Gasteiger partial charge on any atom is -0.392 e. The van der Waals surface area contributed by atoms with Crippen LogP contribution in [0.25, 0.3) is 11.0 Å². The number of fused-ring (bicyclic) bond motifs is 1. The first-order valence-electron chi connectivity index (χ1n) is 7.80. The maximum absolute atomic E-state index is 9.33. The number of nitrogens with zero attached hydrogens (tertiary/aromatic N) is 2. The summed E-state index contributed by atoms with van der Waals surface area (Å²) >= 11 is 0. The van der Waals surface area contributed by atoms with Crippen LogP contribution in [0.1, 0.15) is 38.2 Å². The number of aliphatic hydroxyl groups excluding tert-OH is 1. The van der Waals surface area contributed by atoms with Crippen molar-refractivity contribution in [3.8, 4) is 0 Å². The van der Waals surface area contributed by atoms with Crippen molar-refractivity contribution in [3.63, 3.8) is 0 Å². The largest absolute Gasteiger partial charge is 0.392 e. The molecule has 2 atom stereocenters. The summed E-state index contributed by atoms with van der Waals surface area (Å²) in [6.45, 7) is 4.37. The summed E-state index contributed by atoms with van der Waals surface area (Å²) in [7, 11) is 0. The lowest BCUT2D eigenvalue weighted by atomic mass is 9.70. The van der Waals surface area contributed by atoms with E-state index in [2.05, 4.69) is 22.5 Å². The molecule has 2 aliphatic rings. The molecular weight excluding hydrogens is 264 g/mol. The molecule has 2 heterocycles. The Morgan fingerprint density at radius 2 is 2.24 bits per heavy atom. The van der Waals surface area contributed by atoms with Gasteiger partial charge in [-0.2, -0.15) is 0 Å². The molecule has 1 aliphatic carbocycles. The lowest BCUT2D eigenvalue weighted by Gasteiger charge is -2.37. The zero-order valence-corrected chi connectivity index (χ0v) is 12.5. The second-order valence-corrected chi connectivity index (χ2v) is 7.17. The highest BCUT2D eigenvalue weighted by Crippen LogP contribution is 2.50. The average Bonchev–Trinajstić information content (AvgIpc) is 3.09. The van der Waals surface area contributed by atoms with Gasteiger partial charge in [-0.25, -0.2) is 4.98 Å². The van der Waals surface area contributed by atoms with Gasteiger partial charge in [0.25, 0.3) is 0 Å². The average molecular weight is 286 g/mol. The molecule has 4 nitrogen and oxygen atoms in total. The second kappa shape index (κ2) is 4.55. The number of aromatic nitrogens is 2. The van der Waals surface area contributed by atoms with Crippen LogP contribution in [0.5, 0.6) is 0 Å². The minimum atomic E-state index is 0.0787. The van der Waals surface area contributed by atoms with Gasteiger partial charge in [0, 0.05) is 6.54 Å². The van der Waals surface area contributed by atoms with E-state index in [1.165, 1.54) is 19.3 Å². The van der Waals surface area contributed by atoms with E-state index in [1.807, 2.05) is 18.5 Å². The highest BCUT2D eigenvalue weighted by molar-refractivity contribution is 5.76. The summed E-state index contributed by atoms with van der Waals surface area (Å²) in [6, 6.07) is 5.99. The first-order valence-corrected chi connectivity index (χ1v) is 7.80. The van der Waals surface area contributed by atoms with Crippen molar-refractivity contribution < 1.29 is 9.84 Å².